The van der Waals surface area contributed by atoms with Crippen molar-refractivity contribution in [2.75, 3.05) is 13.7 Å². The van der Waals surface area contributed by atoms with E-state index in [1.165, 1.54) is 0 Å². The molecule has 0 radical (unpaired) electrons. The summed E-state index contributed by atoms with van der Waals surface area (Å²) in [6.07, 6.45) is 5.74. The van der Waals surface area contributed by atoms with E-state index in [0.29, 0.717) is 12.6 Å². The molecule has 2 aromatic heterocycles. The van der Waals surface area contributed by atoms with Gasteiger partial charge in [0.1, 0.15) is 23.2 Å². The molecule has 6 nitrogen and oxygen atoms in total. The Hall–Kier alpha value is -2.31. The number of aromatic nitrogens is 2. The zero-order valence-electron chi connectivity index (χ0n) is 14.6. The molecule has 2 atom stereocenters. The van der Waals surface area contributed by atoms with Gasteiger partial charge >= 0.3 is 0 Å². The van der Waals surface area contributed by atoms with Crippen molar-refractivity contribution >= 4 is 11.0 Å². The maximum Gasteiger partial charge on any atom is 0.134 e. The fraction of sp³-hybridized carbons (Fsp3) is 0.421. The number of hydrogen-bond acceptors (Lipinski definition) is 5. The Bertz CT molecular complexity index is 855. The molecular formula is C19H23N3O3. The first-order chi connectivity index (χ1) is 12.2. The minimum atomic E-state index is 0.0960. The molecule has 1 aliphatic rings. The lowest BCUT2D eigenvalue weighted by molar-refractivity contribution is -0.00428. The van der Waals surface area contributed by atoms with E-state index in [1.54, 1.807) is 7.11 Å². The summed E-state index contributed by atoms with van der Waals surface area (Å²) in [5.41, 5.74) is 2.01. The summed E-state index contributed by atoms with van der Waals surface area (Å²) in [6.45, 7) is 1.46. The van der Waals surface area contributed by atoms with E-state index >= 15 is 0 Å². The van der Waals surface area contributed by atoms with E-state index in [0.717, 1.165) is 47.6 Å². The molecule has 0 spiro atoms. The van der Waals surface area contributed by atoms with Crippen molar-refractivity contribution in [3.05, 3.63) is 48.2 Å². The number of rotatable bonds is 5. The van der Waals surface area contributed by atoms with Crippen LogP contribution in [0.3, 0.4) is 0 Å². The average Bonchev–Trinajstić information content (AvgIpc) is 3.25. The third-order valence-electron chi connectivity index (χ3n) is 4.81. The first-order valence-electron chi connectivity index (χ1n) is 8.60. The number of fused-ring (bicyclic) bond motifs is 1. The van der Waals surface area contributed by atoms with Gasteiger partial charge in [0.25, 0.3) is 0 Å². The summed E-state index contributed by atoms with van der Waals surface area (Å²) in [5.74, 6) is 1.78. The number of methoxy groups -OCH3 is 1. The standard InChI is InChI=1S/C19H23N3O3/c1-22-12-20-11-17(22)19-9-14(5-6-24-19)21-10-16-8-13-7-15(23-2)3-4-18(13)25-16/h3-4,7-8,11-12,14,19,21H,5-6,9-10H2,1-2H3/t14-,19+/m0/s1. The molecule has 1 N–H and O–H groups in total. The molecule has 0 saturated carbocycles. The van der Waals surface area contributed by atoms with E-state index in [-0.39, 0.29) is 6.10 Å². The minimum absolute atomic E-state index is 0.0960. The molecule has 0 amide bonds. The number of imidazole rings is 1. The van der Waals surface area contributed by atoms with Crippen LogP contribution in [0.1, 0.15) is 30.4 Å². The summed E-state index contributed by atoms with van der Waals surface area (Å²) >= 11 is 0. The molecule has 0 aliphatic carbocycles. The lowest BCUT2D eigenvalue weighted by atomic mass is 10.0. The number of benzene rings is 1. The van der Waals surface area contributed by atoms with Crippen LogP contribution < -0.4 is 10.1 Å². The number of nitrogens with one attached hydrogen (secondary N) is 1. The van der Waals surface area contributed by atoms with Crippen LogP contribution in [0.15, 0.2) is 41.2 Å². The van der Waals surface area contributed by atoms with Gasteiger partial charge in [0.05, 0.1) is 31.9 Å². The predicted octanol–water partition coefficient (Wildman–Crippen LogP) is 3.18. The zero-order chi connectivity index (χ0) is 17.2. The molecule has 132 valence electrons. The second kappa shape index (κ2) is 6.90. The molecule has 1 aliphatic heterocycles. The maximum atomic E-state index is 5.92. The van der Waals surface area contributed by atoms with Gasteiger partial charge in [-0.15, -0.1) is 0 Å². The molecule has 0 unspecified atom stereocenters. The van der Waals surface area contributed by atoms with Crippen molar-refractivity contribution < 1.29 is 13.9 Å². The van der Waals surface area contributed by atoms with Crippen LogP contribution in [0.2, 0.25) is 0 Å². The Kier molecular flexibility index (Phi) is 4.46. The molecule has 4 rings (SSSR count). The van der Waals surface area contributed by atoms with Gasteiger partial charge in [0.15, 0.2) is 0 Å². The topological polar surface area (TPSA) is 61.4 Å². The quantitative estimate of drug-likeness (QED) is 0.772. The Morgan fingerprint density at radius 2 is 2.28 bits per heavy atom. The van der Waals surface area contributed by atoms with Gasteiger partial charge in [0.2, 0.25) is 0 Å². The molecule has 1 aromatic carbocycles. The maximum absolute atomic E-state index is 5.92. The van der Waals surface area contributed by atoms with Crippen molar-refractivity contribution in [1.82, 2.24) is 14.9 Å². The molecular weight excluding hydrogens is 318 g/mol. The van der Waals surface area contributed by atoms with Gasteiger partial charge in [-0.2, -0.15) is 0 Å². The Morgan fingerprint density at radius 3 is 3.08 bits per heavy atom. The van der Waals surface area contributed by atoms with Crippen LogP contribution >= 0.6 is 0 Å². The van der Waals surface area contributed by atoms with Crippen molar-refractivity contribution in [3.8, 4) is 5.75 Å². The second-order valence-corrected chi connectivity index (χ2v) is 6.51. The van der Waals surface area contributed by atoms with E-state index < -0.39 is 0 Å². The van der Waals surface area contributed by atoms with Gasteiger partial charge in [-0.25, -0.2) is 4.98 Å². The van der Waals surface area contributed by atoms with Crippen LogP contribution in [-0.4, -0.2) is 29.3 Å². The molecule has 3 heterocycles. The highest BCUT2D eigenvalue weighted by atomic mass is 16.5. The van der Waals surface area contributed by atoms with Gasteiger partial charge in [-0.1, -0.05) is 0 Å². The lowest BCUT2D eigenvalue weighted by Gasteiger charge is -2.30. The van der Waals surface area contributed by atoms with E-state index in [9.17, 15) is 0 Å². The Balaban J connectivity index is 1.40. The summed E-state index contributed by atoms with van der Waals surface area (Å²) in [6, 6.07) is 8.33. The number of aryl methyl sites for hydroxylation is 1. The summed E-state index contributed by atoms with van der Waals surface area (Å²) in [5, 5.41) is 4.67. The van der Waals surface area contributed by atoms with Crippen LogP contribution in [-0.2, 0) is 18.3 Å². The minimum Gasteiger partial charge on any atom is -0.497 e. The van der Waals surface area contributed by atoms with E-state index in [4.69, 9.17) is 13.9 Å². The largest absolute Gasteiger partial charge is 0.497 e. The van der Waals surface area contributed by atoms with Gasteiger partial charge in [-0.05, 0) is 37.1 Å². The molecule has 0 bridgehead atoms. The van der Waals surface area contributed by atoms with E-state index in [1.807, 2.05) is 42.3 Å². The smallest absolute Gasteiger partial charge is 0.134 e. The number of hydrogen-bond donors (Lipinski definition) is 1. The van der Waals surface area contributed by atoms with Crippen molar-refractivity contribution in [1.29, 1.82) is 0 Å². The molecule has 1 saturated heterocycles. The van der Waals surface area contributed by atoms with Crippen LogP contribution in [0, 0.1) is 0 Å². The third-order valence-corrected chi connectivity index (χ3v) is 4.81. The summed E-state index contributed by atoms with van der Waals surface area (Å²) in [7, 11) is 3.68. The van der Waals surface area contributed by atoms with Gasteiger partial charge < -0.3 is 23.8 Å². The zero-order valence-corrected chi connectivity index (χ0v) is 14.6. The van der Waals surface area contributed by atoms with Crippen LogP contribution in [0.25, 0.3) is 11.0 Å². The predicted molar refractivity (Wildman–Crippen MR) is 94.5 cm³/mol. The highest BCUT2D eigenvalue weighted by Crippen LogP contribution is 2.28. The highest BCUT2D eigenvalue weighted by molar-refractivity contribution is 5.79. The normalized spacial score (nSPS) is 20.9. The average molecular weight is 341 g/mol. The van der Waals surface area contributed by atoms with Crippen LogP contribution in [0.5, 0.6) is 5.75 Å². The lowest BCUT2D eigenvalue weighted by Crippen LogP contribution is -2.36. The highest BCUT2D eigenvalue weighted by Gasteiger charge is 2.25. The Morgan fingerprint density at radius 1 is 1.36 bits per heavy atom. The van der Waals surface area contributed by atoms with Crippen molar-refractivity contribution in [3.63, 3.8) is 0 Å². The summed E-state index contributed by atoms with van der Waals surface area (Å²) in [4.78, 5) is 4.19. The first-order valence-corrected chi connectivity index (χ1v) is 8.60. The second-order valence-electron chi connectivity index (χ2n) is 6.51. The Labute approximate surface area is 146 Å². The first kappa shape index (κ1) is 16.2. The SMILES string of the molecule is COc1ccc2oc(CN[C@H]3CCO[C@@H](c4cncn4C)C3)cc2c1. The number of nitrogens with zero attached hydrogens (tertiary/aromatic N) is 2. The molecule has 25 heavy (non-hydrogen) atoms. The number of ether oxygens (including phenoxy) is 2. The fourth-order valence-electron chi connectivity index (χ4n) is 3.40. The van der Waals surface area contributed by atoms with Crippen molar-refractivity contribution in [2.45, 2.75) is 31.5 Å². The van der Waals surface area contributed by atoms with E-state index in [2.05, 4.69) is 16.4 Å². The van der Waals surface area contributed by atoms with Crippen molar-refractivity contribution in [2.24, 2.45) is 7.05 Å². The number of furan rings is 1. The third kappa shape index (κ3) is 3.41. The van der Waals surface area contributed by atoms with Gasteiger partial charge in [0, 0.05) is 25.1 Å². The van der Waals surface area contributed by atoms with Gasteiger partial charge in [-0.3, -0.25) is 0 Å². The molecule has 1 fully saturated rings. The summed E-state index contributed by atoms with van der Waals surface area (Å²) < 4.78 is 19.1. The molecule has 6 heteroatoms. The monoisotopic (exact) mass is 341 g/mol. The molecule has 3 aromatic rings. The van der Waals surface area contributed by atoms with Crippen LogP contribution in [0.4, 0.5) is 0 Å². The fourth-order valence-corrected chi connectivity index (χ4v) is 3.40.